The molecule has 3 aromatic carbocycles. The Balaban J connectivity index is 1.47. The molecule has 34 heavy (non-hydrogen) atoms. The molecular weight excluding hydrogens is 416 g/mol. The number of nitrogens with zero attached hydrogens (tertiary/aromatic N) is 4. The Kier molecular flexibility index (Phi) is 5.35. The average Bonchev–Trinajstić information content (AvgIpc) is 3.47. The van der Waals surface area contributed by atoms with Gasteiger partial charge in [0.15, 0.2) is 0 Å². The van der Waals surface area contributed by atoms with Crippen LogP contribution in [-0.2, 0) is 10.8 Å². The van der Waals surface area contributed by atoms with E-state index in [9.17, 15) is 0 Å². The number of hydrogen-bond donors (Lipinski definition) is 0. The van der Waals surface area contributed by atoms with Crippen LogP contribution in [0.5, 0.6) is 0 Å². The van der Waals surface area contributed by atoms with Gasteiger partial charge >= 0.3 is 0 Å². The lowest BCUT2D eigenvalue weighted by atomic mass is 9.82. The normalized spacial score (nSPS) is 12.6. The molecule has 0 aliphatic rings. The molecule has 5 rings (SSSR count). The van der Waals surface area contributed by atoms with Crippen LogP contribution in [0.4, 0.5) is 0 Å². The Bertz CT molecular complexity index is 1350. The fraction of sp³-hybridized carbons (Fsp3) is 0.333. The molecule has 0 saturated carbocycles. The molecule has 0 unspecified atom stereocenters. The largest absolute Gasteiger partial charge is 0.299 e. The van der Waals surface area contributed by atoms with E-state index in [1.807, 2.05) is 12.7 Å². The van der Waals surface area contributed by atoms with Crippen LogP contribution in [-0.4, -0.2) is 19.1 Å². The molecule has 0 saturated heterocycles. The maximum atomic E-state index is 4.70. The maximum absolute atomic E-state index is 4.70. The highest BCUT2D eigenvalue weighted by molar-refractivity contribution is 5.80. The molecule has 0 atom stereocenters. The van der Waals surface area contributed by atoms with Crippen LogP contribution in [0.1, 0.15) is 65.5 Å². The third kappa shape index (κ3) is 3.71. The minimum Gasteiger partial charge on any atom is -0.299 e. The molecule has 0 radical (unpaired) electrons. The Hall–Kier alpha value is -3.40. The standard InChI is InChI=1S/C30H34N4/c1-7-29(3,4)21-9-15-27-25(17-21)31-19-33(27)23-11-13-24(14-12-23)34-20-32-26-18-22(10-16-28(26)34)30(5,6)8-2/h9-20H,7-8H2,1-6H3. The monoisotopic (exact) mass is 450 g/mol. The number of benzene rings is 3. The van der Waals surface area contributed by atoms with Crippen molar-refractivity contribution in [3.8, 4) is 11.4 Å². The molecule has 2 heterocycles. The Morgan fingerprint density at radius 1 is 0.588 bits per heavy atom. The van der Waals surface area contributed by atoms with Gasteiger partial charge in [0, 0.05) is 11.4 Å². The van der Waals surface area contributed by atoms with E-state index in [2.05, 4.69) is 111 Å². The summed E-state index contributed by atoms with van der Waals surface area (Å²) in [6.45, 7) is 13.6. The van der Waals surface area contributed by atoms with Crippen LogP contribution < -0.4 is 0 Å². The van der Waals surface area contributed by atoms with E-state index >= 15 is 0 Å². The molecule has 2 aromatic heterocycles. The minimum absolute atomic E-state index is 0.153. The van der Waals surface area contributed by atoms with Crippen molar-refractivity contribution in [2.75, 3.05) is 0 Å². The van der Waals surface area contributed by atoms with Gasteiger partial charge in [-0.3, -0.25) is 9.13 Å². The molecular formula is C30H34N4. The summed E-state index contributed by atoms with van der Waals surface area (Å²) in [4.78, 5) is 9.40. The third-order valence-corrected chi connectivity index (χ3v) is 7.83. The fourth-order valence-corrected chi connectivity index (χ4v) is 4.46. The fourth-order valence-electron chi connectivity index (χ4n) is 4.46. The van der Waals surface area contributed by atoms with E-state index in [0.717, 1.165) is 46.3 Å². The lowest BCUT2D eigenvalue weighted by molar-refractivity contribution is 0.506. The third-order valence-electron chi connectivity index (χ3n) is 7.83. The van der Waals surface area contributed by atoms with Crippen LogP contribution in [0, 0.1) is 0 Å². The highest BCUT2D eigenvalue weighted by Gasteiger charge is 2.20. The van der Waals surface area contributed by atoms with E-state index in [1.165, 1.54) is 11.1 Å². The summed E-state index contributed by atoms with van der Waals surface area (Å²) < 4.78 is 4.32. The Morgan fingerprint density at radius 3 is 1.32 bits per heavy atom. The lowest BCUT2D eigenvalue weighted by Gasteiger charge is -2.23. The quantitative estimate of drug-likeness (QED) is 0.265. The summed E-state index contributed by atoms with van der Waals surface area (Å²) in [5, 5.41) is 0. The van der Waals surface area contributed by atoms with Gasteiger partial charge in [-0.1, -0.05) is 53.7 Å². The lowest BCUT2D eigenvalue weighted by Crippen LogP contribution is -2.15. The summed E-state index contributed by atoms with van der Waals surface area (Å²) in [6.07, 6.45) is 6.04. The molecule has 4 heteroatoms. The van der Waals surface area contributed by atoms with Gasteiger partial charge in [0.05, 0.1) is 22.1 Å². The summed E-state index contributed by atoms with van der Waals surface area (Å²) in [5.74, 6) is 0. The maximum Gasteiger partial charge on any atom is 0.100 e. The van der Waals surface area contributed by atoms with Gasteiger partial charge in [-0.2, -0.15) is 0 Å². The van der Waals surface area contributed by atoms with Crippen molar-refractivity contribution in [2.45, 2.75) is 65.2 Å². The second kappa shape index (κ2) is 8.12. The predicted octanol–water partition coefficient (Wildman–Crippen LogP) is 7.74. The molecule has 5 aromatic rings. The number of fused-ring (bicyclic) bond motifs is 2. The molecule has 4 nitrogen and oxygen atoms in total. The first-order valence-corrected chi connectivity index (χ1v) is 12.3. The van der Waals surface area contributed by atoms with Crippen LogP contribution in [0.3, 0.4) is 0 Å². The van der Waals surface area contributed by atoms with Crippen LogP contribution in [0.15, 0.2) is 73.3 Å². The van der Waals surface area contributed by atoms with Crippen molar-refractivity contribution < 1.29 is 0 Å². The van der Waals surface area contributed by atoms with Gasteiger partial charge in [-0.25, -0.2) is 9.97 Å². The minimum atomic E-state index is 0.153. The molecule has 0 bridgehead atoms. The zero-order chi connectivity index (χ0) is 24.1. The first-order chi connectivity index (χ1) is 16.2. The van der Waals surface area contributed by atoms with Crippen molar-refractivity contribution in [1.82, 2.24) is 19.1 Å². The van der Waals surface area contributed by atoms with Crippen LogP contribution >= 0.6 is 0 Å². The number of imidazole rings is 2. The van der Waals surface area contributed by atoms with Gasteiger partial charge in [0.1, 0.15) is 12.7 Å². The number of hydrogen-bond acceptors (Lipinski definition) is 2. The van der Waals surface area contributed by atoms with E-state index in [-0.39, 0.29) is 10.8 Å². The SMILES string of the molecule is CCC(C)(C)c1ccc2c(c1)ncn2-c1ccc(-n2cnc3cc(C(C)(C)CC)ccc32)cc1. The number of rotatable bonds is 6. The van der Waals surface area contributed by atoms with Crippen molar-refractivity contribution in [2.24, 2.45) is 0 Å². The molecule has 0 fully saturated rings. The second-order valence-corrected chi connectivity index (χ2v) is 10.6. The van der Waals surface area contributed by atoms with Crippen molar-refractivity contribution >= 4 is 22.1 Å². The highest BCUT2D eigenvalue weighted by atomic mass is 15.1. The summed E-state index contributed by atoms with van der Waals surface area (Å²) >= 11 is 0. The predicted molar refractivity (Wildman–Crippen MR) is 142 cm³/mol. The topological polar surface area (TPSA) is 35.6 Å². The van der Waals surface area contributed by atoms with E-state index < -0.39 is 0 Å². The highest BCUT2D eigenvalue weighted by Crippen LogP contribution is 2.31. The van der Waals surface area contributed by atoms with Gasteiger partial charge in [-0.05, 0) is 83.3 Å². The van der Waals surface area contributed by atoms with E-state index in [1.54, 1.807) is 0 Å². The summed E-state index contributed by atoms with van der Waals surface area (Å²) in [6, 6.07) is 21.9. The van der Waals surface area contributed by atoms with Gasteiger partial charge in [0.2, 0.25) is 0 Å². The zero-order valence-corrected chi connectivity index (χ0v) is 21.1. The first-order valence-electron chi connectivity index (χ1n) is 12.3. The number of aromatic nitrogens is 4. The second-order valence-electron chi connectivity index (χ2n) is 10.6. The Labute approximate surface area is 202 Å². The van der Waals surface area contributed by atoms with Gasteiger partial charge in [0.25, 0.3) is 0 Å². The summed E-state index contributed by atoms with van der Waals surface area (Å²) in [5.41, 5.74) is 9.51. The van der Waals surface area contributed by atoms with E-state index in [4.69, 9.17) is 9.97 Å². The zero-order valence-electron chi connectivity index (χ0n) is 21.1. The van der Waals surface area contributed by atoms with Gasteiger partial charge < -0.3 is 0 Å². The summed E-state index contributed by atoms with van der Waals surface area (Å²) in [7, 11) is 0. The smallest absolute Gasteiger partial charge is 0.100 e. The first kappa shape index (κ1) is 22.4. The Morgan fingerprint density at radius 2 is 0.971 bits per heavy atom. The van der Waals surface area contributed by atoms with Crippen molar-refractivity contribution in [3.63, 3.8) is 0 Å². The molecule has 0 spiro atoms. The van der Waals surface area contributed by atoms with Crippen LogP contribution in [0.25, 0.3) is 33.4 Å². The molecule has 174 valence electrons. The molecule has 0 amide bonds. The molecule has 0 aliphatic carbocycles. The average molecular weight is 451 g/mol. The van der Waals surface area contributed by atoms with E-state index in [0.29, 0.717) is 0 Å². The van der Waals surface area contributed by atoms with Crippen molar-refractivity contribution in [3.05, 3.63) is 84.4 Å². The molecule has 0 N–H and O–H groups in total. The van der Waals surface area contributed by atoms with Gasteiger partial charge in [-0.15, -0.1) is 0 Å². The van der Waals surface area contributed by atoms with Crippen LogP contribution in [0.2, 0.25) is 0 Å². The molecule has 0 aliphatic heterocycles. The van der Waals surface area contributed by atoms with Crippen molar-refractivity contribution in [1.29, 1.82) is 0 Å².